The monoisotopic (exact) mass is 223 g/mol. The maximum absolute atomic E-state index is 11.8. The van der Waals surface area contributed by atoms with Crippen LogP contribution in [0.25, 0.3) is 0 Å². The number of ketones is 1. The van der Waals surface area contributed by atoms with Crippen LogP contribution in [0.2, 0.25) is 0 Å². The average Bonchev–Trinajstić information content (AvgIpc) is 2.14. The van der Waals surface area contributed by atoms with Gasteiger partial charge in [-0.2, -0.15) is 0 Å². The van der Waals surface area contributed by atoms with Gasteiger partial charge >= 0.3 is 6.09 Å². The van der Waals surface area contributed by atoms with E-state index in [1.165, 1.54) is 17.2 Å². The molecule has 4 nitrogen and oxygen atoms in total. The second kappa shape index (κ2) is 4.51. The Hall–Kier alpha value is -1.58. The van der Waals surface area contributed by atoms with Crippen molar-refractivity contribution >= 4 is 11.9 Å². The molecule has 0 saturated carbocycles. The van der Waals surface area contributed by atoms with Gasteiger partial charge in [0.1, 0.15) is 5.60 Å². The zero-order valence-corrected chi connectivity index (χ0v) is 9.90. The smallest absolute Gasteiger partial charge is 0.414 e. The summed E-state index contributed by atoms with van der Waals surface area (Å²) in [4.78, 5) is 24.3. The third-order valence-electron chi connectivity index (χ3n) is 2.07. The van der Waals surface area contributed by atoms with Crippen molar-refractivity contribution in [2.75, 3.05) is 0 Å². The summed E-state index contributed by atoms with van der Waals surface area (Å²) in [5, 5.41) is 0. The molecule has 0 radical (unpaired) electrons. The summed E-state index contributed by atoms with van der Waals surface area (Å²) < 4.78 is 5.22. The van der Waals surface area contributed by atoms with Crippen LogP contribution in [0.1, 0.15) is 27.2 Å². The lowest BCUT2D eigenvalue weighted by Crippen LogP contribution is -2.41. The van der Waals surface area contributed by atoms with E-state index in [9.17, 15) is 9.59 Å². The molecule has 0 bridgehead atoms. The van der Waals surface area contributed by atoms with E-state index in [1.54, 1.807) is 26.8 Å². The first-order chi connectivity index (χ1) is 7.33. The van der Waals surface area contributed by atoms with Crippen molar-refractivity contribution in [3.8, 4) is 0 Å². The van der Waals surface area contributed by atoms with Gasteiger partial charge in [-0.25, -0.2) is 4.79 Å². The minimum Gasteiger partial charge on any atom is -0.443 e. The minimum atomic E-state index is -0.544. The lowest BCUT2D eigenvalue weighted by molar-refractivity contribution is -0.115. The second-order valence-corrected chi connectivity index (χ2v) is 4.68. The van der Waals surface area contributed by atoms with E-state index in [0.717, 1.165) is 0 Å². The topological polar surface area (TPSA) is 46.6 Å². The first kappa shape index (κ1) is 12.5. The number of ether oxygens (including phenoxy) is 1. The molecule has 0 aromatic rings. The van der Waals surface area contributed by atoms with Gasteiger partial charge in [0.05, 0.1) is 6.04 Å². The first-order valence-electron chi connectivity index (χ1n) is 5.18. The number of allylic oxidation sites excluding steroid dienone is 1. The molecule has 0 aromatic carbocycles. The van der Waals surface area contributed by atoms with Crippen LogP contribution in [0, 0.1) is 0 Å². The fourth-order valence-electron chi connectivity index (χ4n) is 1.35. The van der Waals surface area contributed by atoms with Gasteiger partial charge in [0, 0.05) is 12.6 Å². The normalized spacial score (nSPS) is 20.8. The van der Waals surface area contributed by atoms with Crippen molar-refractivity contribution in [1.82, 2.24) is 4.90 Å². The van der Waals surface area contributed by atoms with E-state index in [-0.39, 0.29) is 18.2 Å². The van der Waals surface area contributed by atoms with E-state index in [0.29, 0.717) is 0 Å². The molecule has 0 spiro atoms. The van der Waals surface area contributed by atoms with Crippen molar-refractivity contribution in [2.24, 2.45) is 0 Å². The minimum absolute atomic E-state index is 0.00953. The van der Waals surface area contributed by atoms with Crippen LogP contribution in [-0.4, -0.2) is 28.4 Å². The van der Waals surface area contributed by atoms with Crippen LogP contribution in [-0.2, 0) is 9.53 Å². The van der Waals surface area contributed by atoms with Gasteiger partial charge in [0.2, 0.25) is 0 Å². The first-order valence-corrected chi connectivity index (χ1v) is 5.18. The maximum Gasteiger partial charge on any atom is 0.414 e. The highest BCUT2D eigenvalue weighted by atomic mass is 16.6. The Morgan fingerprint density at radius 1 is 1.62 bits per heavy atom. The van der Waals surface area contributed by atoms with Gasteiger partial charge < -0.3 is 4.74 Å². The number of amides is 1. The fourth-order valence-corrected chi connectivity index (χ4v) is 1.35. The molecule has 0 unspecified atom stereocenters. The van der Waals surface area contributed by atoms with Gasteiger partial charge in [0.15, 0.2) is 5.78 Å². The van der Waals surface area contributed by atoms with Crippen LogP contribution in [0.3, 0.4) is 0 Å². The standard InChI is InChI=1S/C12H17NO3/c1-5-9-8-10(14)6-7-13(9)11(15)16-12(2,3)4/h5-7,9H,1,8H2,2-4H3/t9-/m0/s1. The van der Waals surface area contributed by atoms with E-state index < -0.39 is 11.7 Å². The molecule has 0 aliphatic carbocycles. The quantitative estimate of drug-likeness (QED) is 0.640. The van der Waals surface area contributed by atoms with E-state index >= 15 is 0 Å². The summed E-state index contributed by atoms with van der Waals surface area (Å²) in [7, 11) is 0. The molecule has 1 rings (SSSR count). The highest BCUT2D eigenvalue weighted by molar-refractivity contribution is 5.92. The fraction of sp³-hybridized carbons (Fsp3) is 0.500. The number of carbonyl (C=O) groups excluding carboxylic acids is 2. The Morgan fingerprint density at radius 2 is 2.25 bits per heavy atom. The summed E-state index contributed by atoms with van der Waals surface area (Å²) >= 11 is 0. The molecule has 1 heterocycles. The molecule has 0 aromatic heterocycles. The highest BCUT2D eigenvalue weighted by Crippen LogP contribution is 2.17. The molecule has 0 N–H and O–H groups in total. The van der Waals surface area contributed by atoms with Crippen molar-refractivity contribution in [2.45, 2.75) is 38.8 Å². The van der Waals surface area contributed by atoms with E-state index in [4.69, 9.17) is 4.74 Å². The number of hydrogen-bond donors (Lipinski definition) is 0. The lowest BCUT2D eigenvalue weighted by Gasteiger charge is -2.31. The van der Waals surface area contributed by atoms with Crippen LogP contribution < -0.4 is 0 Å². The zero-order chi connectivity index (χ0) is 12.3. The van der Waals surface area contributed by atoms with E-state index in [2.05, 4.69) is 6.58 Å². The predicted octanol–water partition coefficient (Wildman–Crippen LogP) is 2.26. The Balaban J connectivity index is 2.78. The summed E-state index contributed by atoms with van der Waals surface area (Å²) in [6, 6.07) is -0.313. The number of hydrogen-bond acceptors (Lipinski definition) is 3. The molecule has 0 fully saturated rings. The second-order valence-electron chi connectivity index (χ2n) is 4.68. The lowest BCUT2D eigenvalue weighted by atomic mass is 10.1. The molecule has 1 aliphatic heterocycles. The van der Waals surface area contributed by atoms with Gasteiger partial charge in [-0.15, -0.1) is 6.58 Å². The summed E-state index contributed by atoms with van der Waals surface area (Å²) in [6.07, 6.45) is 4.21. The molecule has 1 aliphatic rings. The molecule has 88 valence electrons. The SMILES string of the molecule is C=C[C@H]1CC(=O)C=CN1C(=O)OC(C)(C)C. The van der Waals surface area contributed by atoms with Gasteiger partial charge in [-0.3, -0.25) is 9.69 Å². The highest BCUT2D eigenvalue weighted by Gasteiger charge is 2.28. The van der Waals surface area contributed by atoms with E-state index in [1.807, 2.05) is 0 Å². The van der Waals surface area contributed by atoms with Crippen molar-refractivity contribution in [1.29, 1.82) is 0 Å². The summed E-state index contributed by atoms with van der Waals surface area (Å²) in [6.45, 7) is 9.01. The van der Waals surface area contributed by atoms with Gasteiger partial charge in [0.25, 0.3) is 0 Å². The summed E-state index contributed by atoms with van der Waals surface area (Å²) in [5.74, 6) is -0.00953. The van der Waals surface area contributed by atoms with Crippen LogP contribution in [0.4, 0.5) is 4.79 Å². The molecule has 1 atom stereocenters. The molecule has 4 heteroatoms. The van der Waals surface area contributed by atoms with Gasteiger partial charge in [-0.05, 0) is 26.8 Å². The molecule has 16 heavy (non-hydrogen) atoms. The van der Waals surface area contributed by atoms with Gasteiger partial charge in [-0.1, -0.05) is 6.08 Å². The predicted molar refractivity (Wildman–Crippen MR) is 60.8 cm³/mol. The average molecular weight is 223 g/mol. The molecule has 0 saturated heterocycles. The van der Waals surface area contributed by atoms with Crippen LogP contribution >= 0.6 is 0 Å². The van der Waals surface area contributed by atoms with Crippen molar-refractivity contribution in [3.05, 3.63) is 24.9 Å². The zero-order valence-electron chi connectivity index (χ0n) is 9.90. The number of rotatable bonds is 1. The third kappa shape index (κ3) is 3.22. The largest absolute Gasteiger partial charge is 0.443 e. The third-order valence-corrected chi connectivity index (χ3v) is 2.07. The molecular weight excluding hydrogens is 206 g/mol. The molecular formula is C12H17NO3. The molecule has 1 amide bonds. The Labute approximate surface area is 95.6 Å². The van der Waals surface area contributed by atoms with Crippen LogP contribution in [0.5, 0.6) is 0 Å². The van der Waals surface area contributed by atoms with Crippen molar-refractivity contribution < 1.29 is 14.3 Å². The maximum atomic E-state index is 11.8. The number of carbonyl (C=O) groups is 2. The Morgan fingerprint density at radius 3 is 2.75 bits per heavy atom. The Bertz CT molecular complexity index is 339. The summed E-state index contributed by atoms with van der Waals surface area (Å²) in [5.41, 5.74) is -0.544. The number of nitrogens with zero attached hydrogens (tertiary/aromatic N) is 1. The Kier molecular flexibility index (Phi) is 3.52. The van der Waals surface area contributed by atoms with Crippen LogP contribution in [0.15, 0.2) is 24.9 Å². The van der Waals surface area contributed by atoms with Crippen molar-refractivity contribution in [3.63, 3.8) is 0 Å².